The van der Waals surface area contributed by atoms with E-state index in [1.165, 1.54) is 0 Å². The predicted molar refractivity (Wildman–Crippen MR) is 75.4 cm³/mol. The Kier molecular flexibility index (Phi) is 5.54. The molecule has 0 amide bonds. The maximum Gasteiger partial charge on any atom is 0.308 e. The van der Waals surface area contributed by atoms with E-state index in [-0.39, 0.29) is 0 Å². The first kappa shape index (κ1) is 15.2. The second-order valence-corrected chi connectivity index (χ2v) is 5.18. The summed E-state index contributed by atoms with van der Waals surface area (Å²) >= 11 is 0. The molecule has 1 unspecified atom stereocenters. The molecule has 1 aromatic rings. The average Bonchev–Trinajstić information content (AvgIpc) is 2.34. The molecule has 0 bridgehead atoms. The number of rotatable bonds is 7. The van der Waals surface area contributed by atoms with E-state index in [1.54, 1.807) is 17.2 Å². The SMILES string of the molecule is CC(C)CC(CNc1ccnc(N(C)C)n1)C(=O)O. The second-order valence-electron chi connectivity index (χ2n) is 5.18. The number of hydrogen-bond donors (Lipinski definition) is 2. The molecule has 0 saturated carbocycles. The molecule has 19 heavy (non-hydrogen) atoms. The van der Waals surface area contributed by atoms with Crippen LogP contribution in [-0.4, -0.2) is 41.7 Å². The Morgan fingerprint density at radius 1 is 1.47 bits per heavy atom. The minimum Gasteiger partial charge on any atom is -0.481 e. The van der Waals surface area contributed by atoms with Gasteiger partial charge in [0.1, 0.15) is 5.82 Å². The van der Waals surface area contributed by atoms with E-state index in [4.69, 9.17) is 5.11 Å². The summed E-state index contributed by atoms with van der Waals surface area (Å²) in [7, 11) is 3.72. The quantitative estimate of drug-likeness (QED) is 0.782. The topological polar surface area (TPSA) is 78.4 Å². The predicted octanol–water partition coefficient (Wildman–Crippen LogP) is 1.70. The molecule has 2 N–H and O–H groups in total. The monoisotopic (exact) mass is 266 g/mol. The van der Waals surface area contributed by atoms with Crippen LogP contribution in [0, 0.1) is 11.8 Å². The van der Waals surface area contributed by atoms with Crippen LogP contribution in [0.3, 0.4) is 0 Å². The number of carboxylic acids is 1. The Labute approximate surface area is 113 Å². The number of anilines is 2. The van der Waals surface area contributed by atoms with Crippen LogP contribution in [-0.2, 0) is 4.79 Å². The van der Waals surface area contributed by atoms with Crippen molar-refractivity contribution in [3.63, 3.8) is 0 Å². The molecule has 0 aliphatic carbocycles. The van der Waals surface area contributed by atoms with Crippen molar-refractivity contribution in [2.45, 2.75) is 20.3 Å². The molecule has 0 fully saturated rings. The molecule has 6 heteroatoms. The molecular formula is C13H22N4O2. The minimum absolute atomic E-state index is 0.352. The van der Waals surface area contributed by atoms with E-state index in [0.717, 1.165) is 0 Å². The summed E-state index contributed by atoms with van der Waals surface area (Å²) in [5.74, 6) is 0.418. The maximum atomic E-state index is 11.2. The molecule has 1 atom stereocenters. The summed E-state index contributed by atoms with van der Waals surface area (Å²) < 4.78 is 0. The normalized spacial score (nSPS) is 12.3. The first-order valence-corrected chi connectivity index (χ1v) is 6.37. The van der Waals surface area contributed by atoms with Crippen LogP contribution in [0.15, 0.2) is 12.3 Å². The molecule has 106 valence electrons. The van der Waals surface area contributed by atoms with Crippen LogP contribution in [0.1, 0.15) is 20.3 Å². The van der Waals surface area contributed by atoms with E-state index in [2.05, 4.69) is 15.3 Å². The van der Waals surface area contributed by atoms with E-state index in [1.807, 2.05) is 27.9 Å². The zero-order valence-electron chi connectivity index (χ0n) is 11.9. The van der Waals surface area contributed by atoms with Gasteiger partial charge in [0.15, 0.2) is 0 Å². The standard InChI is InChI=1S/C13H22N4O2/c1-9(2)7-10(12(18)19)8-15-11-5-6-14-13(16-11)17(3)4/h5-6,9-10H,7-8H2,1-4H3,(H,18,19)(H,14,15,16). The Balaban J connectivity index is 2.63. The highest BCUT2D eigenvalue weighted by atomic mass is 16.4. The van der Waals surface area contributed by atoms with E-state index in [9.17, 15) is 4.79 Å². The van der Waals surface area contributed by atoms with Crippen molar-refractivity contribution >= 4 is 17.7 Å². The molecule has 1 heterocycles. The number of nitrogens with one attached hydrogen (secondary N) is 1. The highest BCUT2D eigenvalue weighted by Crippen LogP contribution is 2.14. The third-order valence-electron chi connectivity index (χ3n) is 2.68. The third kappa shape index (κ3) is 5.11. The van der Waals surface area contributed by atoms with E-state index in [0.29, 0.717) is 30.6 Å². The van der Waals surface area contributed by atoms with E-state index < -0.39 is 11.9 Å². The summed E-state index contributed by atoms with van der Waals surface area (Å²) in [6.45, 7) is 4.41. The zero-order chi connectivity index (χ0) is 14.4. The van der Waals surface area contributed by atoms with Gasteiger partial charge in [-0.15, -0.1) is 0 Å². The van der Waals surface area contributed by atoms with Gasteiger partial charge < -0.3 is 15.3 Å². The van der Waals surface area contributed by atoms with Crippen LogP contribution in [0.5, 0.6) is 0 Å². The highest BCUT2D eigenvalue weighted by molar-refractivity contribution is 5.70. The lowest BCUT2D eigenvalue weighted by molar-refractivity contribution is -0.141. The first-order chi connectivity index (χ1) is 8.90. The Hall–Kier alpha value is -1.85. The van der Waals surface area contributed by atoms with E-state index >= 15 is 0 Å². The minimum atomic E-state index is -0.775. The van der Waals surface area contributed by atoms with Crippen molar-refractivity contribution in [2.24, 2.45) is 11.8 Å². The van der Waals surface area contributed by atoms with Gasteiger partial charge in [0.25, 0.3) is 0 Å². The van der Waals surface area contributed by atoms with Crippen molar-refractivity contribution in [3.05, 3.63) is 12.3 Å². The number of aromatic nitrogens is 2. The Morgan fingerprint density at radius 2 is 2.16 bits per heavy atom. The fourth-order valence-electron chi connectivity index (χ4n) is 1.73. The molecule has 0 saturated heterocycles. The van der Waals surface area contributed by atoms with Gasteiger partial charge in [-0.25, -0.2) is 4.98 Å². The lowest BCUT2D eigenvalue weighted by atomic mass is 9.97. The number of hydrogen-bond acceptors (Lipinski definition) is 5. The maximum absolute atomic E-state index is 11.2. The van der Waals surface area contributed by atoms with Gasteiger partial charge in [-0.05, 0) is 18.4 Å². The van der Waals surface area contributed by atoms with Gasteiger partial charge in [0.05, 0.1) is 5.92 Å². The van der Waals surface area contributed by atoms with Crippen molar-refractivity contribution in [1.82, 2.24) is 9.97 Å². The fourth-order valence-corrected chi connectivity index (χ4v) is 1.73. The van der Waals surface area contributed by atoms with Gasteiger partial charge in [-0.3, -0.25) is 4.79 Å². The van der Waals surface area contributed by atoms with Gasteiger partial charge in [0, 0.05) is 26.8 Å². The lowest BCUT2D eigenvalue weighted by Crippen LogP contribution is -2.25. The van der Waals surface area contributed by atoms with Crippen LogP contribution in [0.25, 0.3) is 0 Å². The number of aliphatic carboxylic acids is 1. The molecular weight excluding hydrogens is 244 g/mol. The molecule has 0 aliphatic rings. The Morgan fingerprint density at radius 3 is 2.68 bits per heavy atom. The van der Waals surface area contributed by atoms with Gasteiger partial charge >= 0.3 is 5.97 Å². The molecule has 0 spiro atoms. The second kappa shape index (κ2) is 6.92. The van der Waals surface area contributed by atoms with Crippen molar-refractivity contribution in [1.29, 1.82) is 0 Å². The number of nitrogens with zero attached hydrogens (tertiary/aromatic N) is 3. The number of carboxylic acid groups (broad SMARTS) is 1. The van der Waals surface area contributed by atoms with Crippen LogP contribution in [0.2, 0.25) is 0 Å². The van der Waals surface area contributed by atoms with Gasteiger partial charge in [0.2, 0.25) is 5.95 Å². The molecule has 1 rings (SSSR count). The molecule has 1 aromatic heterocycles. The summed E-state index contributed by atoms with van der Waals surface area (Å²) in [4.78, 5) is 21.4. The summed E-state index contributed by atoms with van der Waals surface area (Å²) in [6.07, 6.45) is 2.30. The third-order valence-corrected chi connectivity index (χ3v) is 2.68. The average molecular weight is 266 g/mol. The lowest BCUT2D eigenvalue weighted by Gasteiger charge is -2.16. The van der Waals surface area contributed by atoms with Crippen molar-refractivity contribution < 1.29 is 9.90 Å². The molecule has 6 nitrogen and oxygen atoms in total. The summed E-state index contributed by atoms with van der Waals surface area (Å²) in [5.41, 5.74) is 0. The van der Waals surface area contributed by atoms with Crippen molar-refractivity contribution in [3.8, 4) is 0 Å². The molecule has 0 radical (unpaired) electrons. The van der Waals surface area contributed by atoms with Gasteiger partial charge in [-0.2, -0.15) is 4.98 Å². The first-order valence-electron chi connectivity index (χ1n) is 6.37. The number of carbonyl (C=O) groups is 1. The smallest absolute Gasteiger partial charge is 0.308 e. The summed E-state index contributed by atoms with van der Waals surface area (Å²) in [5, 5.41) is 12.2. The van der Waals surface area contributed by atoms with Crippen LogP contribution < -0.4 is 10.2 Å². The highest BCUT2D eigenvalue weighted by Gasteiger charge is 2.18. The van der Waals surface area contributed by atoms with Crippen LogP contribution in [0.4, 0.5) is 11.8 Å². The van der Waals surface area contributed by atoms with Gasteiger partial charge in [-0.1, -0.05) is 13.8 Å². The van der Waals surface area contributed by atoms with Crippen molar-refractivity contribution in [2.75, 3.05) is 30.9 Å². The molecule has 0 aromatic carbocycles. The fraction of sp³-hybridized carbons (Fsp3) is 0.615. The Bertz CT molecular complexity index is 421. The summed E-state index contributed by atoms with van der Waals surface area (Å²) in [6, 6.07) is 1.74. The zero-order valence-corrected chi connectivity index (χ0v) is 11.9. The van der Waals surface area contributed by atoms with Crippen LogP contribution >= 0.6 is 0 Å². The molecule has 0 aliphatic heterocycles. The largest absolute Gasteiger partial charge is 0.481 e.